The lowest BCUT2D eigenvalue weighted by Gasteiger charge is -2.07. The fraction of sp³-hybridized carbons (Fsp3) is 0.368. The van der Waals surface area contributed by atoms with Gasteiger partial charge in [0.2, 0.25) is 0 Å². The standard InChI is InChI=1S/C17H19N3.C2H6/c1-12(2)15-6-7-17-16(8-15)10-19-20(17)11-14-5-4-13(3)18-9-14;1-2/h4-10,12H,11H2,1-3H3;1-2H3. The normalized spacial score (nSPS) is 10.6. The molecule has 0 spiro atoms. The van der Waals surface area contributed by atoms with Crippen molar-refractivity contribution in [3.63, 3.8) is 0 Å². The van der Waals surface area contributed by atoms with E-state index in [4.69, 9.17) is 0 Å². The summed E-state index contributed by atoms with van der Waals surface area (Å²) in [6.45, 7) is 11.2. The molecule has 0 saturated heterocycles. The van der Waals surface area contributed by atoms with Gasteiger partial charge in [0.25, 0.3) is 0 Å². The van der Waals surface area contributed by atoms with Crippen LogP contribution in [0.2, 0.25) is 0 Å². The van der Waals surface area contributed by atoms with Gasteiger partial charge in [0.05, 0.1) is 18.3 Å². The van der Waals surface area contributed by atoms with Crippen LogP contribution in [0.5, 0.6) is 0 Å². The monoisotopic (exact) mass is 295 g/mol. The molecule has 0 N–H and O–H groups in total. The van der Waals surface area contributed by atoms with Crippen molar-refractivity contribution in [2.24, 2.45) is 0 Å². The number of nitrogens with zero attached hydrogens (tertiary/aromatic N) is 3. The molecule has 3 rings (SSSR count). The van der Waals surface area contributed by atoms with E-state index >= 15 is 0 Å². The number of aromatic nitrogens is 3. The number of hydrogen-bond acceptors (Lipinski definition) is 2. The van der Waals surface area contributed by atoms with Gasteiger partial charge in [-0.3, -0.25) is 9.67 Å². The summed E-state index contributed by atoms with van der Waals surface area (Å²) in [6.07, 6.45) is 3.87. The summed E-state index contributed by atoms with van der Waals surface area (Å²) in [6, 6.07) is 10.7. The summed E-state index contributed by atoms with van der Waals surface area (Å²) >= 11 is 0. The van der Waals surface area contributed by atoms with Crippen molar-refractivity contribution in [1.82, 2.24) is 14.8 Å². The molecule has 0 amide bonds. The molecule has 2 aromatic heterocycles. The Kier molecular flexibility index (Phi) is 5.31. The fourth-order valence-corrected chi connectivity index (χ4v) is 2.36. The molecule has 116 valence electrons. The summed E-state index contributed by atoms with van der Waals surface area (Å²) in [5, 5.41) is 5.71. The summed E-state index contributed by atoms with van der Waals surface area (Å²) in [5.41, 5.74) is 4.75. The molecular weight excluding hydrogens is 270 g/mol. The summed E-state index contributed by atoms with van der Waals surface area (Å²) in [5.74, 6) is 0.545. The number of hydrogen-bond donors (Lipinski definition) is 0. The summed E-state index contributed by atoms with van der Waals surface area (Å²) in [4.78, 5) is 4.34. The van der Waals surface area contributed by atoms with E-state index in [9.17, 15) is 0 Å². The lowest BCUT2D eigenvalue weighted by molar-refractivity contribution is 0.709. The number of rotatable bonds is 3. The van der Waals surface area contributed by atoms with E-state index in [1.54, 1.807) is 0 Å². The van der Waals surface area contributed by atoms with Gasteiger partial charge >= 0.3 is 0 Å². The average Bonchev–Trinajstić information content (AvgIpc) is 2.94. The SMILES string of the molecule is CC.Cc1ccc(Cn2ncc3cc(C(C)C)ccc32)cn1. The summed E-state index contributed by atoms with van der Waals surface area (Å²) < 4.78 is 2.03. The van der Waals surface area contributed by atoms with Crippen molar-refractivity contribution in [2.75, 3.05) is 0 Å². The Bertz CT molecular complexity index is 724. The van der Waals surface area contributed by atoms with E-state index in [-0.39, 0.29) is 0 Å². The molecule has 0 aliphatic carbocycles. The Morgan fingerprint density at radius 1 is 1.05 bits per heavy atom. The second-order valence-corrected chi connectivity index (χ2v) is 5.58. The molecule has 1 aromatic carbocycles. The molecule has 0 bridgehead atoms. The van der Waals surface area contributed by atoms with Gasteiger partial charge in [-0.2, -0.15) is 5.10 Å². The molecule has 0 fully saturated rings. The zero-order valence-electron chi connectivity index (χ0n) is 14.2. The van der Waals surface area contributed by atoms with Crippen LogP contribution in [0.15, 0.2) is 42.7 Å². The first kappa shape index (κ1) is 16.2. The van der Waals surface area contributed by atoms with Crippen LogP contribution in [0.1, 0.15) is 50.4 Å². The topological polar surface area (TPSA) is 30.7 Å². The van der Waals surface area contributed by atoms with Gasteiger partial charge < -0.3 is 0 Å². The van der Waals surface area contributed by atoms with E-state index < -0.39 is 0 Å². The van der Waals surface area contributed by atoms with Gasteiger partial charge in [0, 0.05) is 17.3 Å². The zero-order valence-corrected chi connectivity index (χ0v) is 14.2. The molecule has 2 heterocycles. The molecule has 0 radical (unpaired) electrons. The van der Waals surface area contributed by atoms with E-state index in [0.717, 1.165) is 12.2 Å². The van der Waals surface area contributed by atoms with Crippen LogP contribution in [-0.2, 0) is 6.54 Å². The predicted octanol–water partition coefficient (Wildman–Crippen LogP) is 4.94. The highest BCUT2D eigenvalue weighted by molar-refractivity contribution is 5.79. The van der Waals surface area contributed by atoms with E-state index in [2.05, 4.69) is 48.2 Å². The van der Waals surface area contributed by atoms with E-state index in [0.29, 0.717) is 5.92 Å². The van der Waals surface area contributed by atoms with E-state index in [1.807, 2.05) is 43.9 Å². The molecule has 22 heavy (non-hydrogen) atoms. The Morgan fingerprint density at radius 2 is 1.82 bits per heavy atom. The Balaban J connectivity index is 0.000000847. The van der Waals surface area contributed by atoms with Crippen LogP contribution < -0.4 is 0 Å². The fourth-order valence-electron chi connectivity index (χ4n) is 2.36. The second kappa shape index (κ2) is 7.21. The van der Waals surface area contributed by atoms with Gasteiger partial charge in [0.1, 0.15) is 0 Å². The average molecular weight is 295 g/mol. The van der Waals surface area contributed by atoms with Crippen molar-refractivity contribution in [1.29, 1.82) is 0 Å². The first-order valence-electron chi connectivity index (χ1n) is 8.00. The van der Waals surface area contributed by atoms with Crippen molar-refractivity contribution < 1.29 is 0 Å². The quantitative estimate of drug-likeness (QED) is 0.685. The predicted molar refractivity (Wildman–Crippen MR) is 93.2 cm³/mol. The first-order valence-corrected chi connectivity index (χ1v) is 8.00. The van der Waals surface area contributed by atoms with E-state index in [1.165, 1.54) is 22.0 Å². The number of benzene rings is 1. The first-order chi connectivity index (χ1) is 10.6. The zero-order chi connectivity index (χ0) is 16.1. The van der Waals surface area contributed by atoms with Crippen molar-refractivity contribution in [3.8, 4) is 0 Å². The molecular formula is C19H25N3. The molecule has 0 atom stereocenters. The minimum atomic E-state index is 0.545. The molecule has 0 unspecified atom stereocenters. The van der Waals surface area contributed by atoms with Crippen LogP contribution >= 0.6 is 0 Å². The number of pyridine rings is 1. The second-order valence-electron chi connectivity index (χ2n) is 5.58. The van der Waals surface area contributed by atoms with Gasteiger partial charge in [0.15, 0.2) is 0 Å². The van der Waals surface area contributed by atoms with Crippen LogP contribution in [0.3, 0.4) is 0 Å². The number of aryl methyl sites for hydroxylation is 1. The van der Waals surface area contributed by atoms with Crippen molar-refractivity contribution in [2.45, 2.75) is 47.1 Å². The highest BCUT2D eigenvalue weighted by atomic mass is 15.3. The Labute approximate surface area is 133 Å². The lowest BCUT2D eigenvalue weighted by Crippen LogP contribution is -2.02. The Hall–Kier alpha value is -2.16. The molecule has 3 aromatic rings. The minimum absolute atomic E-state index is 0.545. The highest BCUT2D eigenvalue weighted by Crippen LogP contribution is 2.21. The maximum atomic E-state index is 4.50. The Morgan fingerprint density at radius 3 is 2.45 bits per heavy atom. The molecule has 0 saturated carbocycles. The van der Waals surface area contributed by atoms with Crippen LogP contribution in [0, 0.1) is 6.92 Å². The molecule has 3 heteroatoms. The maximum absolute atomic E-state index is 4.50. The highest BCUT2D eigenvalue weighted by Gasteiger charge is 2.06. The van der Waals surface area contributed by atoms with Crippen molar-refractivity contribution in [3.05, 3.63) is 59.5 Å². The third kappa shape index (κ3) is 3.53. The molecule has 0 aliphatic rings. The van der Waals surface area contributed by atoms with Gasteiger partial charge in [-0.25, -0.2) is 0 Å². The van der Waals surface area contributed by atoms with Gasteiger partial charge in [-0.15, -0.1) is 0 Å². The van der Waals surface area contributed by atoms with Crippen molar-refractivity contribution >= 4 is 10.9 Å². The smallest absolute Gasteiger partial charge is 0.0686 e. The summed E-state index contributed by atoms with van der Waals surface area (Å²) in [7, 11) is 0. The van der Waals surface area contributed by atoms with Crippen LogP contribution in [0.25, 0.3) is 10.9 Å². The molecule has 3 nitrogen and oxygen atoms in total. The van der Waals surface area contributed by atoms with Gasteiger partial charge in [-0.05, 0) is 42.2 Å². The maximum Gasteiger partial charge on any atom is 0.0686 e. The van der Waals surface area contributed by atoms with Gasteiger partial charge in [-0.1, -0.05) is 39.8 Å². The third-order valence-corrected chi connectivity index (χ3v) is 3.64. The largest absolute Gasteiger partial charge is 0.261 e. The van der Waals surface area contributed by atoms with Crippen LogP contribution in [-0.4, -0.2) is 14.8 Å². The van der Waals surface area contributed by atoms with Crippen LogP contribution in [0.4, 0.5) is 0 Å². The third-order valence-electron chi connectivity index (χ3n) is 3.64. The molecule has 0 aliphatic heterocycles. The minimum Gasteiger partial charge on any atom is -0.261 e. The lowest BCUT2D eigenvalue weighted by atomic mass is 10.0. The number of fused-ring (bicyclic) bond motifs is 1.